The molecule has 0 amide bonds. The molecule has 0 aliphatic rings. The molecule has 3 nitrogen and oxygen atoms in total. The summed E-state index contributed by atoms with van der Waals surface area (Å²) in [6.07, 6.45) is 3.64. The molecule has 20 heavy (non-hydrogen) atoms. The van der Waals surface area contributed by atoms with E-state index in [1.807, 2.05) is 13.2 Å². The Morgan fingerprint density at radius 2 is 2.05 bits per heavy atom. The number of aromatic nitrogens is 2. The molecular formula is C16H17N3S. The number of hydrogen-bond donors (Lipinski definition) is 2. The van der Waals surface area contributed by atoms with Crippen LogP contribution >= 0.6 is 11.8 Å². The van der Waals surface area contributed by atoms with E-state index in [1.54, 1.807) is 18.0 Å². The van der Waals surface area contributed by atoms with E-state index in [0.717, 1.165) is 10.9 Å². The van der Waals surface area contributed by atoms with Crippen LogP contribution in [-0.2, 0) is 0 Å². The summed E-state index contributed by atoms with van der Waals surface area (Å²) in [5, 5.41) is 6.97. The van der Waals surface area contributed by atoms with Gasteiger partial charge in [0, 0.05) is 24.2 Å². The summed E-state index contributed by atoms with van der Waals surface area (Å²) in [7, 11) is 2.01. The molecular weight excluding hydrogens is 266 g/mol. The van der Waals surface area contributed by atoms with Crippen LogP contribution in [0.3, 0.4) is 0 Å². The summed E-state index contributed by atoms with van der Waals surface area (Å²) in [6.45, 7) is 0. The van der Waals surface area contributed by atoms with Gasteiger partial charge in [-0.2, -0.15) is 0 Å². The number of H-pyrrole nitrogens is 1. The molecule has 2 N–H and O–H groups in total. The third-order valence-electron chi connectivity index (χ3n) is 3.41. The maximum Gasteiger partial charge on any atom is 0.165 e. The van der Waals surface area contributed by atoms with Gasteiger partial charge >= 0.3 is 0 Å². The lowest BCUT2D eigenvalue weighted by Gasteiger charge is -2.18. The largest absolute Gasteiger partial charge is 0.340 e. The average molecular weight is 283 g/mol. The first-order valence-corrected chi connectivity index (χ1v) is 7.64. The number of thioether (sulfide) groups is 1. The maximum atomic E-state index is 4.26. The highest BCUT2D eigenvalue weighted by molar-refractivity contribution is 7.99. The van der Waals surface area contributed by atoms with Gasteiger partial charge in [-0.15, -0.1) is 0 Å². The number of rotatable bonds is 5. The van der Waals surface area contributed by atoms with Gasteiger partial charge in [0.15, 0.2) is 5.16 Å². The van der Waals surface area contributed by atoms with Gasteiger partial charge in [-0.3, -0.25) is 0 Å². The molecule has 1 atom stereocenters. The van der Waals surface area contributed by atoms with Gasteiger partial charge in [0.2, 0.25) is 0 Å². The van der Waals surface area contributed by atoms with E-state index in [4.69, 9.17) is 0 Å². The molecule has 4 heteroatoms. The van der Waals surface area contributed by atoms with Gasteiger partial charge in [-0.05, 0) is 23.4 Å². The van der Waals surface area contributed by atoms with E-state index < -0.39 is 0 Å². The van der Waals surface area contributed by atoms with Crippen LogP contribution in [0, 0.1) is 0 Å². The maximum absolute atomic E-state index is 4.26. The molecule has 0 saturated carbocycles. The van der Waals surface area contributed by atoms with Gasteiger partial charge in [0.05, 0.1) is 0 Å². The van der Waals surface area contributed by atoms with Crippen molar-refractivity contribution in [1.29, 1.82) is 0 Å². The molecule has 2 aromatic carbocycles. The van der Waals surface area contributed by atoms with E-state index in [0.29, 0.717) is 6.04 Å². The van der Waals surface area contributed by atoms with Gasteiger partial charge in [-0.25, -0.2) is 4.98 Å². The monoisotopic (exact) mass is 283 g/mol. The van der Waals surface area contributed by atoms with Gasteiger partial charge in [0.1, 0.15) is 0 Å². The second-order valence-electron chi connectivity index (χ2n) is 4.61. The van der Waals surface area contributed by atoms with E-state index in [1.165, 1.54) is 16.3 Å². The van der Waals surface area contributed by atoms with Crippen LogP contribution in [0.25, 0.3) is 10.8 Å². The van der Waals surface area contributed by atoms with Crippen molar-refractivity contribution in [2.75, 3.05) is 12.8 Å². The third-order valence-corrected chi connectivity index (χ3v) is 4.40. The first-order chi connectivity index (χ1) is 9.88. The predicted octanol–water partition coefficient (Wildman–Crippen LogP) is 3.62. The van der Waals surface area contributed by atoms with Crippen LogP contribution in [0.2, 0.25) is 0 Å². The number of nitrogens with one attached hydrogen (secondary N) is 2. The molecule has 3 aromatic rings. The van der Waals surface area contributed by atoms with Crippen LogP contribution in [0.15, 0.2) is 60.0 Å². The summed E-state index contributed by atoms with van der Waals surface area (Å²) in [4.78, 5) is 7.39. The van der Waals surface area contributed by atoms with Crippen LogP contribution in [0.5, 0.6) is 0 Å². The summed E-state index contributed by atoms with van der Waals surface area (Å²) >= 11 is 1.73. The summed E-state index contributed by atoms with van der Waals surface area (Å²) in [5.74, 6) is 0.942. The standard InChI is InChI=1S/C16H17N3S/c1-17-15(11-20-16-18-9-10-19-16)14-8-4-6-12-5-2-3-7-13(12)14/h2-10,15,17H,11H2,1H3,(H,18,19). The van der Waals surface area contributed by atoms with E-state index in [-0.39, 0.29) is 0 Å². The van der Waals surface area contributed by atoms with E-state index in [9.17, 15) is 0 Å². The van der Waals surface area contributed by atoms with Crippen molar-refractivity contribution in [2.45, 2.75) is 11.2 Å². The number of imidazole rings is 1. The van der Waals surface area contributed by atoms with Crippen molar-refractivity contribution >= 4 is 22.5 Å². The summed E-state index contributed by atoms with van der Waals surface area (Å²) in [6, 6.07) is 15.3. The Morgan fingerprint density at radius 1 is 1.20 bits per heavy atom. The lowest BCUT2D eigenvalue weighted by atomic mass is 10.00. The second-order valence-corrected chi connectivity index (χ2v) is 5.62. The van der Waals surface area contributed by atoms with Crippen molar-refractivity contribution < 1.29 is 0 Å². The Bertz CT molecular complexity index is 674. The molecule has 1 aromatic heterocycles. The fourth-order valence-electron chi connectivity index (χ4n) is 2.37. The zero-order chi connectivity index (χ0) is 13.8. The first kappa shape index (κ1) is 13.2. The second kappa shape index (κ2) is 6.11. The Kier molecular flexibility index (Phi) is 4.04. The molecule has 0 aliphatic heterocycles. The zero-order valence-corrected chi connectivity index (χ0v) is 12.2. The fourth-order valence-corrected chi connectivity index (χ4v) is 3.33. The zero-order valence-electron chi connectivity index (χ0n) is 11.3. The van der Waals surface area contributed by atoms with Crippen molar-refractivity contribution in [1.82, 2.24) is 15.3 Å². The van der Waals surface area contributed by atoms with Crippen LogP contribution in [0.1, 0.15) is 11.6 Å². The van der Waals surface area contributed by atoms with Crippen molar-refractivity contribution in [2.24, 2.45) is 0 Å². The minimum Gasteiger partial charge on any atom is -0.340 e. The summed E-state index contributed by atoms with van der Waals surface area (Å²) < 4.78 is 0. The van der Waals surface area contributed by atoms with Crippen LogP contribution < -0.4 is 5.32 Å². The molecule has 1 heterocycles. The first-order valence-electron chi connectivity index (χ1n) is 6.65. The normalized spacial score (nSPS) is 12.7. The highest BCUT2D eigenvalue weighted by Crippen LogP contribution is 2.28. The molecule has 0 saturated heterocycles. The van der Waals surface area contributed by atoms with Crippen LogP contribution in [0.4, 0.5) is 0 Å². The Labute approximate surface area is 122 Å². The number of aromatic amines is 1. The Balaban J connectivity index is 1.87. The molecule has 0 radical (unpaired) electrons. The highest BCUT2D eigenvalue weighted by Gasteiger charge is 2.13. The van der Waals surface area contributed by atoms with Crippen LogP contribution in [-0.4, -0.2) is 22.8 Å². The molecule has 102 valence electrons. The third kappa shape index (κ3) is 2.71. The quantitative estimate of drug-likeness (QED) is 0.703. The van der Waals surface area contributed by atoms with Gasteiger partial charge in [-0.1, -0.05) is 54.2 Å². The molecule has 0 spiro atoms. The molecule has 0 aliphatic carbocycles. The SMILES string of the molecule is CNC(CSc1ncc[nH]1)c1cccc2ccccc12. The average Bonchev–Trinajstić information content (AvgIpc) is 3.01. The Hall–Kier alpha value is -1.78. The number of fused-ring (bicyclic) bond motifs is 1. The minimum atomic E-state index is 0.302. The predicted molar refractivity (Wildman–Crippen MR) is 85.1 cm³/mol. The van der Waals surface area contributed by atoms with Crippen molar-refractivity contribution in [3.63, 3.8) is 0 Å². The molecule has 0 fully saturated rings. The smallest absolute Gasteiger partial charge is 0.165 e. The van der Waals surface area contributed by atoms with Gasteiger partial charge in [0.25, 0.3) is 0 Å². The number of nitrogens with zero attached hydrogens (tertiary/aromatic N) is 1. The molecule has 3 rings (SSSR count). The minimum absolute atomic E-state index is 0.302. The van der Waals surface area contributed by atoms with E-state index in [2.05, 4.69) is 57.7 Å². The number of hydrogen-bond acceptors (Lipinski definition) is 3. The van der Waals surface area contributed by atoms with E-state index >= 15 is 0 Å². The fraction of sp³-hybridized carbons (Fsp3) is 0.188. The molecule has 1 unspecified atom stereocenters. The van der Waals surface area contributed by atoms with Gasteiger partial charge < -0.3 is 10.3 Å². The molecule has 0 bridgehead atoms. The topological polar surface area (TPSA) is 40.7 Å². The lowest BCUT2D eigenvalue weighted by molar-refractivity contribution is 0.666. The van der Waals surface area contributed by atoms with Crippen molar-refractivity contribution in [3.8, 4) is 0 Å². The van der Waals surface area contributed by atoms with Crippen molar-refractivity contribution in [3.05, 3.63) is 60.4 Å². The number of benzene rings is 2. The Morgan fingerprint density at radius 3 is 2.85 bits per heavy atom. The highest BCUT2D eigenvalue weighted by atomic mass is 32.2. The lowest BCUT2D eigenvalue weighted by Crippen LogP contribution is -2.19. The summed E-state index contributed by atoms with van der Waals surface area (Å²) in [5.41, 5.74) is 1.34.